The van der Waals surface area contributed by atoms with E-state index in [1.54, 1.807) is 6.92 Å². The van der Waals surface area contributed by atoms with Crippen molar-refractivity contribution in [1.29, 1.82) is 0 Å². The normalized spacial score (nSPS) is 17.8. The summed E-state index contributed by atoms with van der Waals surface area (Å²) in [5.41, 5.74) is 0.806. The molecule has 13 heteroatoms. The zero-order valence-electron chi connectivity index (χ0n) is 24.3. The third-order valence-electron chi connectivity index (χ3n) is 7.56. The summed E-state index contributed by atoms with van der Waals surface area (Å²) in [7, 11) is -3.44. The van der Waals surface area contributed by atoms with Crippen molar-refractivity contribution in [2.24, 2.45) is 5.92 Å². The molecule has 0 aromatic heterocycles. The molecule has 1 saturated carbocycles. The van der Waals surface area contributed by atoms with Crippen LogP contribution in [0.1, 0.15) is 62.2 Å². The van der Waals surface area contributed by atoms with E-state index < -0.39 is 56.8 Å². The summed E-state index contributed by atoms with van der Waals surface area (Å²) in [6, 6.07) is 5.91. The largest absolute Gasteiger partial charge is 0.476 e. The van der Waals surface area contributed by atoms with Gasteiger partial charge in [0.1, 0.15) is 17.5 Å². The Hall–Kier alpha value is -3.85. The maximum Gasteiger partial charge on any atom is 0.261 e. The van der Waals surface area contributed by atoms with Crippen LogP contribution >= 0.6 is 23.2 Å². The van der Waals surface area contributed by atoms with Gasteiger partial charge in [0.05, 0.1) is 20.6 Å². The number of imide groups is 1. The number of sulfone groups is 1. The lowest BCUT2D eigenvalue weighted by molar-refractivity contribution is -0.133. The molecule has 0 spiro atoms. The Balaban J connectivity index is 0.000000207. The summed E-state index contributed by atoms with van der Waals surface area (Å²) in [5.74, 6) is -1.96. The molecule has 9 nitrogen and oxygen atoms in total. The van der Waals surface area contributed by atoms with Crippen LogP contribution in [0.25, 0.3) is 0 Å². The van der Waals surface area contributed by atoms with Crippen LogP contribution in [0.2, 0.25) is 10.0 Å². The van der Waals surface area contributed by atoms with Gasteiger partial charge >= 0.3 is 0 Å². The average molecular weight is 677 g/mol. The van der Waals surface area contributed by atoms with Crippen LogP contribution in [0.15, 0.2) is 46.4 Å². The number of rotatable bonds is 6. The third kappa shape index (κ3) is 7.19. The SMILES string of the molecule is C#CC(C)Oc1cc(N2C(=O)C3=C(CCCC3)C2=O)c(F)cc1Cl.CS(=O)(=O)c1ccc(C(=O)C2C(=O)CCCC2=O)c(Cl)c1. The molecule has 0 N–H and O–H groups in total. The molecular weight excluding hydrogens is 648 g/mol. The average Bonchev–Trinajstić information content (AvgIpc) is 3.23. The predicted molar refractivity (Wildman–Crippen MR) is 165 cm³/mol. The highest BCUT2D eigenvalue weighted by molar-refractivity contribution is 7.90. The molecule has 2 aromatic carbocycles. The number of terminal acetylenes is 1. The molecule has 0 radical (unpaired) electrons. The lowest BCUT2D eigenvalue weighted by Gasteiger charge is -2.19. The zero-order chi connectivity index (χ0) is 33.2. The van der Waals surface area contributed by atoms with Gasteiger partial charge in [0.2, 0.25) is 0 Å². The van der Waals surface area contributed by atoms with Crippen LogP contribution in [0, 0.1) is 24.1 Å². The fraction of sp³-hybridized carbons (Fsp3) is 0.344. The second-order valence-electron chi connectivity index (χ2n) is 10.8. The van der Waals surface area contributed by atoms with Gasteiger partial charge < -0.3 is 4.74 Å². The number of Topliss-reactive ketones (excluding diaryl/α,β-unsaturated/α-hetero) is 3. The Morgan fingerprint density at radius 3 is 2.04 bits per heavy atom. The first-order valence-electron chi connectivity index (χ1n) is 14.0. The molecule has 2 aromatic rings. The molecule has 1 unspecified atom stereocenters. The van der Waals surface area contributed by atoms with Crippen molar-refractivity contribution >= 4 is 67.9 Å². The topological polar surface area (TPSA) is 132 Å². The second kappa shape index (κ2) is 13.6. The van der Waals surface area contributed by atoms with Gasteiger partial charge in [-0.3, -0.25) is 24.0 Å². The monoisotopic (exact) mass is 675 g/mol. The Morgan fingerprint density at radius 1 is 0.956 bits per heavy atom. The van der Waals surface area contributed by atoms with E-state index >= 15 is 0 Å². The summed E-state index contributed by atoms with van der Waals surface area (Å²) >= 11 is 11.9. The number of anilines is 1. The molecule has 1 fully saturated rings. The Morgan fingerprint density at radius 2 is 1.53 bits per heavy atom. The number of hydrogen-bond acceptors (Lipinski definition) is 8. The molecule has 2 aliphatic carbocycles. The first-order valence-corrected chi connectivity index (χ1v) is 16.6. The summed E-state index contributed by atoms with van der Waals surface area (Å²) in [6.07, 6.45) is 9.34. The van der Waals surface area contributed by atoms with E-state index in [-0.39, 0.29) is 44.8 Å². The summed E-state index contributed by atoms with van der Waals surface area (Å²) < 4.78 is 42.7. The third-order valence-corrected chi connectivity index (χ3v) is 9.28. The maximum atomic E-state index is 14.4. The maximum absolute atomic E-state index is 14.4. The number of carbonyl (C=O) groups excluding carboxylic acids is 5. The van der Waals surface area contributed by atoms with Crippen LogP contribution in [-0.2, 0) is 29.0 Å². The van der Waals surface area contributed by atoms with Gasteiger partial charge in [-0.15, -0.1) is 6.42 Å². The second-order valence-corrected chi connectivity index (χ2v) is 13.6. The molecule has 1 aliphatic heterocycles. The van der Waals surface area contributed by atoms with Crippen molar-refractivity contribution in [1.82, 2.24) is 0 Å². The van der Waals surface area contributed by atoms with Crippen molar-refractivity contribution in [3.63, 3.8) is 0 Å². The fourth-order valence-corrected chi connectivity index (χ4v) is 6.42. The highest BCUT2D eigenvalue weighted by atomic mass is 35.5. The van der Waals surface area contributed by atoms with Crippen LogP contribution in [-0.4, -0.2) is 49.9 Å². The van der Waals surface area contributed by atoms with Gasteiger partial charge in [-0.2, -0.15) is 0 Å². The highest BCUT2D eigenvalue weighted by Crippen LogP contribution is 2.39. The summed E-state index contributed by atoms with van der Waals surface area (Å²) in [6.45, 7) is 1.63. The highest BCUT2D eigenvalue weighted by Gasteiger charge is 2.41. The molecule has 1 atom stereocenters. The molecular formula is C32H28Cl2FNO8S. The van der Waals surface area contributed by atoms with Gasteiger partial charge in [0.15, 0.2) is 33.3 Å². The van der Waals surface area contributed by atoms with Crippen molar-refractivity contribution in [2.45, 2.75) is 62.9 Å². The lowest BCUT2D eigenvalue weighted by Crippen LogP contribution is -2.35. The summed E-state index contributed by atoms with van der Waals surface area (Å²) in [5, 5.41) is -0.0516. The van der Waals surface area contributed by atoms with E-state index in [1.165, 1.54) is 18.2 Å². The Kier molecular flexibility index (Phi) is 10.3. The van der Waals surface area contributed by atoms with Gasteiger partial charge in [-0.05, 0) is 63.3 Å². The first kappa shape index (κ1) is 34.0. The van der Waals surface area contributed by atoms with Gasteiger partial charge in [-0.25, -0.2) is 17.7 Å². The Labute approximate surface area is 269 Å². The number of ketones is 3. The van der Waals surface area contributed by atoms with Gasteiger partial charge in [-0.1, -0.05) is 29.1 Å². The van der Waals surface area contributed by atoms with Crippen LogP contribution in [0.4, 0.5) is 10.1 Å². The summed E-state index contributed by atoms with van der Waals surface area (Å²) in [4.78, 5) is 61.8. The number of amides is 2. The molecule has 236 valence electrons. The minimum Gasteiger partial charge on any atom is -0.476 e. The number of carbonyl (C=O) groups is 5. The number of hydrogen-bond donors (Lipinski definition) is 0. The molecule has 0 saturated heterocycles. The molecule has 45 heavy (non-hydrogen) atoms. The van der Waals surface area contributed by atoms with E-state index in [9.17, 15) is 36.8 Å². The molecule has 2 amide bonds. The van der Waals surface area contributed by atoms with Crippen LogP contribution in [0.3, 0.4) is 0 Å². The van der Waals surface area contributed by atoms with Crippen LogP contribution < -0.4 is 9.64 Å². The van der Waals surface area contributed by atoms with E-state index in [0.717, 1.165) is 36.1 Å². The van der Waals surface area contributed by atoms with E-state index in [1.807, 2.05) is 0 Å². The van der Waals surface area contributed by atoms with Crippen molar-refractivity contribution < 1.29 is 41.5 Å². The first-order chi connectivity index (χ1) is 21.1. The van der Waals surface area contributed by atoms with E-state index in [2.05, 4.69) is 5.92 Å². The fourth-order valence-electron chi connectivity index (χ4n) is 5.24. The quantitative estimate of drug-likeness (QED) is 0.170. The predicted octanol–water partition coefficient (Wildman–Crippen LogP) is 5.49. The minimum absolute atomic E-state index is 0.00216. The standard InChI is InChI=1S/C18H15ClFNO3.C14H13ClO5S/c1-3-10(2)24-16-9-15(14(20)8-13(16)19)21-17(22)11-6-4-5-7-12(11)18(21)23;1-21(19,20)8-5-6-9(10(15)7-8)14(18)13-11(16)3-2-4-12(13)17/h1,8-10H,4-7H2,2H3;5-7,13H,2-4H2,1H3. The molecule has 1 heterocycles. The van der Waals surface area contributed by atoms with Gasteiger partial charge in [0, 0.05) is 41.9 Å². The zero-order valence-corrected chi connectivity index (χ0v) is 26.7. The van der Waals surface area contributed by atoms with E-state index in [4.69, 9.17) is 34.4 Å². The number of benzene rings is 2. The van der Waals surface area contributed by atoms with Crippen molar-refractivity contribution in [2.75, 3.05) is 11.2 Å². The molecule has 5 rings (SSSR count). The Bertz CT molecular complexity index is 1770. The van der Waals surface area contributed by atoms with Crippen LogP contribution in [0.5, 0.6) is 5.75 Å². The smallest absolute Gasteiger partial charge is 0.261 e. The van der Waals surface area contributed by atoms with Crippen molar-refractivity contribution in [3.05, 3.63) is 62.9 Å². The minimum atomic E-state index is -3.44. The molecule has 3 aliphatic rings. The molecule has 0 bridgehead atoms. The lowest BCUT2D eigenvalue weighted by atomic mass is 9.82. The van der Waals surface area contributed by atoms with Crippen molar-refractivity contribution in [3.8, 4) is 18.1 Å². The number of nitrogens with zero attached hydrogens (tertiary/aromatic N) is 1. The van der Waals surface area contributed by atoms with E-state index in [0.29, 0.717) is 30.4 Å². The van der Waals surface area contributed by atoms with Gasteiger partial charge in [0.25, 0.3) is 11.8 Å². The number of ether oxygens (including phenoxy) is 1. The number of halogens is 3.